The van der Waals surface area contributed by atoms with Crippen LogP contribution in [0, 0.1) is 0 Å². The first-order valence-electron chi connectivity index (χ1n) is 7.89. The van der Waals surface area contributed by atoms with Crippen LogP contribution >= 0.6 is 46.4 Å². The highest BCUT2D eigenvalue weighted by Gasteiger charge is 2.52. The van der Waals surface area contributed by atoms with Crippen LogP contribution in [0.1, 0.15) is 16.7 Å². The first-order chi connectivity index (χ1) is 13.5. The molecule has 0 spiro atoms. The second-order valence-corrected chi connectivity index (χ2v) is 9.30. The number of benzene rings is 3. The van der Waals surface area contributed by atoms with Gasteiger partial charge in [-0.05, 0) is 35.9 Å². The second kappa shape index (κ2) is 7.87. The molecule has 0 amide bonds. The molecule has 0 saturated carbocycles. The molecule has 3 aromatic carbocycles. The van der Waals surface area contributed by atoms with Crippen molar-refractivity contribution in [2.24, 2.45) is 0 Å². The number of rotatable bonds is 4. The van der Waals surface area contributed by atoms with E-state index in [0.717, 1.165) is 12.1 Å². The quantitative estimate of drug-likeness (QED) is 0.311. The molecule has 1 unspecified atom stereocenters. The maximum Gasteiger partial charge on any atom is 0.283 e. The van der Waals surface area contributed by atoms with Gasteiger partial charge in [-0.15, -0.1) is 0 Å². The van der Waals surface area contributed by atoms with Gasteiger partial charge in [0, 0.05) is 16.1 Å². The van der Waals surface area contributed by atoms with Gasteiger partial charge in [0.05, 0.1) is 15.1 Å². The molecule has 0 aliphatic rings. The van der Waals surface area contributed by atoms with E-state index in [-0.39, 0.29) is 37.5 Å². The molecule has 0 radical (unpaired) electrons. The number of phenolic OH excluding ortho intramolecular Hbond substituents is 2. The fraction of sp³-hybridized carbons (Fsp3) is 0.0526. The lowest BCUT2D eigenvalue weighted by atomic mass is 9.83. The third-order valence-corrected chi connectivity index (χ3v) is 6.97. The third-order valence-electron chi connectivity index (χ3n) is 4.38. The van der Waals surface area contributed by atoms with E-state index in [4.69, 9.17) is 46.4 Å². The summed E-state index contributed by atoms with van der Waals surface area (Å²) in [6.07, 6.45) is 0. The predicted molar refractivity (Wildman–Crippen MR) is 114 cm³/mol. The van der Waals surface area contributed by atoms with Gasteiger partial charge in [-0.2, -0.15) is 8.42 Å². The minimum Gasteiger partial charge on any atom is -0.508 e. The van der Waals surface area contributed by atoms with E-state index >= 15 is 0 Å². The molecule has 0 bridgehead atoms. The van der Waals surface area contributed by atoms with Crippen LogP contribution in [0.3, 0.4) is 0 Å². The molecule has 152 valence electrons. The lowest BCUT2D eigenvalue weighted by molar-refractivity contribution is 0.440. The normalized spacial score (nSPS) is 13.8. The fourth-order valence-electron chi connectivity index (χ4n) is 3.23. The number of hydrogen-bond acceptors (Lipinski definition) is 4. The molecule has 0 heterocycles. The molecule has 5 nitrogen and oxygen atoms in total. The molecule has 0 fully saturated rings. The summed E-state index contributed by atoms with van der Waals surface area (Å²) in [5.74, 6) is -0.915. The zero-order valence-electron chi connectivity index (χ0n) is 14.3. The molecular formula is C19H12Cl4O5S. The molecular weight excluding hydrogens is 482 g/mol. The molecule has 29 heavy (non-hydrogen) atoms. The van der Waals surface area contributed by atoms with Crippen LogP contribution in [0.25, 0.3) is 0 Å². The zero-order valence-corrected chi connectivity index (χ0v) is 18.1. The molecule has 1 atom stereocenters. The van der Waals surface area contributed by atoms with Gasteiger partial charge < -0.3 is 10.2 Å². The average Bonchev–Trinajstić information content (AvgIpc) is 2.60. The second-order valence-electron chi connectivity index (χ2n) is 6.08. The fourth-order valence-corrected chi connectivity index (χ4v) is 5.76. The van der Waals surface area contributed by atoms with E-state index in [9.17, 15) is 23.2 Å². The largest absolute Gasteiger partial charge is 0.508 e. The van der Waals surface area contributed by atoms with Gasteiger partial charge in [-0.3, -0.25) is 4.55 Å². The molecule has 3 rings (SSSR count). The van der Waals surface area contributed by atoms with Gasteiger partial charge in [-0.25, -0.2) is 0 Å². The van der Waals surface area contributed by atoms with Gasteiger partial charge in [0.1, 0.15) is 11.5 Å². The van der Waals surface area contributed by atoms with Gasteiger partial charge in [-0.1, -0.05) is 70.7 Å². The number of halogens is 4. The van der Waals surface area contributed by atoms with Crippen LogP contribution in [0.15, 0.2) is 54.6 Å². The number of hydrogen-bond donors (Lipinski definition) is 3. The van der Waals surface area contributed by atoms with E-state index in [1.807, 2.05) is 0 Å². The topological polar surface area (TPSA) is 94.8 Å². The highest BCUT2D eigenvalue weighted by molar-refractivity contribution is 7.87. The first-order valence-corrected chi connectivity index (χ1v) is 10.8. The van der Waals surface area contributed by atoms with Crippen molar-refractivity contribution >= 4 is 56.5 Å². The van der Waals surface area contributed by atoms with Gasteiger partial charge in [0.15, 0.2) is 4.75 Å². The summed E-state index contributed by atoms with van der Waals surface area (Å²) < 4.78 is 34.0. The smallest absolute Gasteiger partial charge is 0.283 e. The highest BCUT2D eigenvalue weighted by Crippen LogP contribution is 2.53. The van der Waals surface area contributed by atoms with E-state index in [1.165, 1.54) is 42.5 Å². The SMILES string of the molecule is O=S(=O)(O)C(c1ccc(Cl)cc1)(c1cccc(Cl)c1O)c1c(Cl)cc(O)cc1Cl. The summed E-state index contributed by atoms with van der Waals surface area (Å²) in [4.78, 5) is 0. The predicted octanol–water partition coefficient (Wildman–Crippen LogP) is 5.89. The van der Waals surface area contributed by atoms with Crippen molar-refractivity contribution in [2.45, 2.75) is 4.75 Å². The number of aromatic hydroxyl groups is 2. The standard InChI is InChI=1S/C19H12Cl4O5S/c20-11-6-4-10(5-7-11)19(29(26,27)28,13-2-1-3-14(21)18(13)25)17-15(22)8-12(24)9-16(17)23/h1-9,24-25H,(H,26,27,28). The van der Waals surface area contributed by atoms with Crippen LogP contribution in [-0.2, 0) is 14.9 Å². The van der Waals surface area contributed by atoms with Crippen LogP contribution in [0.4, 0.5) is 0 Å². The summed E-state index contributed by atoms with van der Waals surface area (Å²) in [7, 11) is -5.11. The van der Waals surface area contributed by atoms with Crippen molar-refractivity contribution in [2.75, 3.05) is 0 Å². The molecule has 0 aliphatic carbocycles. The van der Waals surface area contributed by atoms with Gasteiger partial charge in [0.25, 0.3) is 10.1 Å². The lowest BCUT2D eigenvalue weighted by Crippen LogP contribution is -2.39. The molecule has 0 aliphatic heterocycles. The Labute approximate surface area is 186 Å². The Bertz CT molecular complexity index is 1170. The Balaban J connectivity index is 2.63. The molecule has 0 saturated heterocycles. The Kier molecular flexibility index (Phi) is 5.98. The Morgan fingerprint density at radius 1 is 0.793 bits per heavy atom. The molecule has 3 N–H and O–H groups in total. The van der Waals surface area contributed by atoms with E-state index in [2.05, 4.69) is 0 Å². The van der Waals surface area contributed by atoms with Crippen molar-refractivity contribution in [1.82, 2.24) is 0 Å². The van der Waals surface area contributed by atoms with E-state index in [1.54, 1.807) is 0 Å². The number of phenols is 2. The molecule has 0 aromatic heterocycles. The van der Waals surface area contributed by atoms with Crippen molar-refractivity contribution in [3.05, 3.63) is 91.4 Å². The Hall–Kier alpha value is -1.67. The lowest BCUT2D eigenvalue weighted by Gasteiger charge is -2.34. The maximum atomic E-state index is 13.0. The first kappa shape index (κ1) is 22.0. The minimum atomic E-state index is -5.11. The Morgan fingerprint density at radius 2 is 1.34 bits per heavy atom. The Morgan fingerprint density at radius 3 is 1.86 bits per heavy atom. The maximum absolute atomic E-state index is 13.0. The van der Waals surface area contributed by atoms with Crippen LogP contribution in [0.5, 0.6) is 11.5 Å². The molecule has 3 aromatic rings. The highest BCUT2D eigenvalue weighted by atomic mass is 35.5. The summed E-state index contributed by atoms with van der Waals surface area (Å²) in [6.45, 7) is 0. The summed E-state index contributed by atoms with van der Waals surface area (Å²) >= 11 is 24.5. The van der Waals surface area contributed by atoms with E-state index < -0.39 is 20.6 Å². The van der Waals surface area contributed by atoms with E-state index in [0.29, 0.717) is 5.02 Å². The molecule has 10 heteroatoms. The van der Waals surface area contributed by atoms with Crippen LogP contribution in [-0.4, -0.2) is 23.2 Å². The average molecular weight is 494 g/mol. The van der Waals surface area contributed by atoms with Crippen molar-refractivity contribution in [3.8, 4) is 11.5 Å². The zero-order chi connectivity index (χ0) is 21.6. The van der Waals surface area contributed by atoms with Gasteiger partial charge in [0.2, 0.25) is 0 Å². The monoisotopic (exact) mass is 492 g/mol. The van der Waals surface area contributed by atoms with Gasteiger partial charge >= 0.3 is 0 Å². The van der Waals surface area contributed by atoms with Crippen LogP contribution in [0.2, 0.25) is 20.1 Å². The summed E-state index contributed by atoms with van der Waals surface area (Å²) in [5, 5.41) is 20.1. The van der Waals surface area contributed by atoms with Crippen molar-refractivity contribution < 1.29 is 23.2 Å². The van der Waals surface area contributed by atoms with Crippen molar-refractivity contribution in [3.63, 3.8) is 0 Å². The summed E-state index contributed by atoms with van der Waals surface area (Å²) in [5.41, 5.74) is -0.582. The summed E-state index contributed by atoms with van der Waals surface area (Å²) in [6, 6.07) is 11.6. The van der Waals surface area contributed by atoms with Crippen molar-refractivity contribution in [1.29, 1.82) is 0 Å². The minimum absolute atomic E-state index is 0.0172. The van der Waals surface area contributed by atoms with Crippen LogP contribution < -0.4 is 0 Å². The number of para-hydroxylation sites is 1. The third kappa shape index (κ3) is 3.65.